The molecule has 2 aromatic rings. The van der Waals surface area contributed by atoms with Crippen molar-refractivity contribution in [1.29, 1.82) is 0 Å². The number of rotatable bonds is 4. The van der Waals surface area contributed by atoms with Crippen molar-refractivity contribution in [2.75, 3.05) is 6.61 Å². The van der Waals surface area contributed by atoms with Crippen molar-refractivity contribution in [1.82, 2.24) is 0 Å². The van der Waals surface area contributed by atoms with Crippen molar-refractivity contribution in [3.63, 3.8) is 0 Å². The van der Waals surface area contributed by atoms with Gasteiger partial charge in [0.2, 0.25) is 0 Å². The summed E-state index contributed by atoms with van der Waals surface area (Å²) >= 11 is 7.06. The molecule has 1 unspecified atom stereocenters. The fraction of sp³-hybridized carbons (Fsp3) is 0.250. The van der Waals surface area contributed by atoms with Crippen molar-refractivity contribution >= 4 is 31.9 Å². The lowest BCUT2D eigenvalue weighted by Gasteiger charge is -2.11. The van der Waals surface area contributed by atoms with Crippen LogP contribution >= 0.6 is 31.9 Å². The Bertz CT molecular complexity index is 549. The van der Waals surface area contributed by atoms with Gasteiger partial charge in [0.1, 0.15) is 0 Å². The molecule has 19 heavy (non-hydrogen) atoms. The lowest BCUT2D eigenvalue weighted by atomic mass is 9.95. The molecule has 0 saturated carbocycles. The third-order valence-corrected chi connectivity index (χ3v) is 4.43. The van der Waals surface area contributed by atoms with Gasteiger partial charge >= 0.3 is 0 Å². The topological polar surface area (TPSA) is 20.2 Å². The Morgan fingerprint density at radius 1 is 1.05 bits per heavy atom. The van der Waals surface area contributed by atoms with E-state index in [1.807, 2.05) is 6.07 Å². The second-order valence-electron chi connectivity index (χ2n) is 4.66. The van der Waals surface area contributed by atoms with Gasteiger partial charge in [-0.1, -0.05) is 69.1 Å². The third-order valence-electron chi connectivity index (χ3n) is 3.28. The van der Waals surface area contributed by atoms with Crippen LogP contribution in [0.25, 0.3) is 11.1 Å². The van der Waals surface area contributed by atoms with Crippen molar-refractivity contribution in [3.05, 3.63) is 57.0 Å². The number of aliphatic hydroxyl groups is 1. The van der Waals surface area contributed by atoms with Gasteiger partial charge in [-0.15, -0.1) is 0 Å². The number of hydrogen-bond donors (Lipinski definition) is 1. The molecule has 0 fully saturated rings. The van der Waals surface area contributed by atoms with Crippen LogP contribution in [0.1, 0.15) is 24.8 Å². The van der Waals surface area contributed by atoms with Crippen LogP contribution in [0.3, 0.4) is 0 Å². The third kappa shape index (κ3) is 3.68. The standard InChI is InChI=1S/C16H16Br2O/c1-11(8-9-19)12-2-4-13(5-3-12)15-7-6-14(17)10-16(15)18/h2-7,10-11,19H,8-9H2,1H3. The Morgan fingerprint density at radius 3 is 2.32 bits per heavy atom. The van der Waals surface area contributed by atoms with E-state index in [0.29, 0.717) is 5.92 Å². The predicted molar refractivity (Wildman–Crippen MR) is 87.4 cm³/mol. The Labute approximate surface area is 130 Å². The normalized spacial score (nSPS) is 12.4. The summed E-state index contributed by atoms with van der Waals surface area (Å²) in [6.07, 6.45) is 0.807. The minimum atomic E-state index is 0.237. The molecule has 0 aliphatic carbocycles. The smallest absolute Gasteiger partial charge is 0.0436 e. The molecule has 3 heteroatoms. The molecule has 2 aromatic carbocycles. The average molecular weight is 384 g/mol. The fourth-order valence-corrected chi connectivity index (χ4v) is 3.35. The maximum atomic E-state index is 8.98. The van der Waals surface area contributed by atoms with E-state index in [9.17, 15) is 0 Å². The van der Waals surface area contributed by atoms with Crippen LogP contribution in [-0.2, 0) is 0 Å². The first-order valence-electron chi connectivity index (χ1n) is 6.28. The summed E-state index contributed by atoms with van der Waals surface area (Å²) < 4.78 is 2.15. The highest BCUT2D eigenvalue weighted by Gasteiger charge is 2.07. The van der Waals surface area contributed by atoms with Crippen molar-refractivity contribution in [2.45, 2.75) is 19.3 Å². The molecule has 1 N–H and O–H groups in total. The summed E-state index contributed by atoms with van der Waals surface area (Å²) in [5.74, 6) is 0.396. The first-order chi connectivity index (χ1) is 9.11. The molecule has 0 heterocycles. The molecule has 0 amide bonds. The van der Waals surface area contributed by atoms with Gasteiger partial charge in [0, 0.05) is 15.6 Å². The van der Waals surface area contributed by atoms with E-state index in [-0.39, 0.29) is 6.61 Å². The molecule has 0 saturated heterocycles. The van der Waals surface area contributed by atoms with E-state index in [1.54, 1.807) is 0 Å². The first-order valence-corrected chi connectivity index (χ1v) is 7.86. The lowest BCUT2D eigenvalue weighted by molar-refractivity contribution is 0.278. The van der Waals surface area contributed by atoms with E-state index in [0.717, 1.165) is 15.4 Å². The van der Waals surface area contributed by atoms with Crippen molar-refractivity contribution in [2.24, 2.45) is 0 Å². The molecule has 2 rings (SSSR count). The largest absolute Gasteiger partial charge is 0.396 e. The van der Waals surface area contributed by atoms with Crippen LogP contribution in [-0.4, -0.2) is 11.7 Å². The fourth-order valence-electron chi connectivity index (χ4n) is 2.08. The Morgan fingerprint density at radius 2 is 1.74 bits per heavy atom. The molecule has 0 aliphatic rings. The Balaban J connectivity index is 2.27. The molecular weight excluding hydrogens is 368 g/mol. The quantitative estimate of drug-likeness (QED) is 0.752. The first kappa shape index (κ1) is 14.8. The molecule has 1 nitrogen and oxygen atoms in total. The van der Waals surface area contributed by atoms with E-state index in [2.05, 4.69) is 75.2 Å². The molecule has 0 spiro atoms. The van der Waals surface area contributed by atoms with Gasteiger partial charge in [0.25, 0.3) is 0 Å². The van der Waals surface area contributed by atoms with Gasteiger partial charge in [-0.2, -0.15) is 0 Å². The molecule has 0 aliphatic heterocycles. The highest BCUT2D eigenvalue weighted by molar-refractivity contribution is 9.11. The average Bonchev–Trinajstić information content (AvgIpc) is 2.39. The van der Waals surface area contributed by atoms with Crippen LogP contribution in [0.4, 0.5) is 0 Å². The summed E-state index contributed by atoms with van der Waals surface area (Å²) in [6, 6.07) is 14.8. The van der Waals surface area contributed by atoms with E-state index < -0.39 is 0 Å². The number of halogens is 2. The van der Waals surface area contributed by atoms with Crippen LogP contribution in [0.5, 0.6) is 0 Å². The zero-order valence-electron chi connectivity index (χ0n) is 10.7. The van der Waals surface area contributed by atoms with Crippen molar-refractivity contribution < 1.29 is 5.11 Å². The van der Waals surface area contributed by atoms with Gasteiger partial charge in [0.15, 0.2) is 0 Å². The SMILES string of the molecule is CC(CCO)c1ccc(-c2ccc(Br)cc2Br)cc1. The molecule has 100 valence electrons. The van der Waals surface area contributed by atoms with E-state index in [4.69, 9.17) is 5.11 Å². The number of aliphatic hydroxyl groups excluding tert-OH is 1. The Hall–Kier alpha value is -0.640. The van der Waals surface area contributed by atoms with Crippen molar-refractivity contribution in [3.8, 4) is 11.1 Å². The lowest BCUT2D eigenvalue weighted by Crippen LogP contribution is -1.96. The van der Waals surface area contributed by atoms with Gasteiger partial charge in [0.05, 0.1) is 0 Å². The maximum absolute atomic E-state index is 8.98. The van der Waals surface area contributed by atoms with Crippen LogP contribution in [0.15, 0.2) is 51.4 Å². The van der Waals surface area contributed by atoms with E-state index >= 15 is 0 Å². The zero-order valence-corrected chi connectivity index (χ0v) is 13.9. The van der Waals surface area contributed by atoms with E-state index in [1.165, 1.54) is 16.7 Å². The van der Waals surface area contributed by atoms with Crippen LogP contribution in [0.2, 0.25) is 0 Å². The van der Waals surface area contributed by atoms with Crippen LogP contribution in [0, 0.1) is 0 Å². The van der Waals surface area contributed by atoms with Gasteiger partial charge in [-0.3, -0.25) is 0 Å². The Kier molecular flexibility index (Phi) is 5.20. The monoisotopic (exact) mass is 382 g/mol. The highest BCUT2D eigenvalue weighted by Crippen LogP contribution is 2.31. The zero-order chi connectivity index (χ0) is 13.8. The number of benzene rings is 2. The summed E-state index contributed by atoms with van der Waals surface area (Å²) in [7, 11) is 0. The molecule has 0 aromatic heterocycles. The molecule has 0 bridgehead atoms. The molecule has 0 radical (unpaired) electrons. The second kappa shape index (κ2) is 6.69. The predicted octanol–water partition coefficient (Wildman–Crippen LogP) is 5.36. The minimum absolute atomic E-state index is 0.237. The van der Waals surface area contributed by atoms with Gasteiger partial charge in [-0.25, -0.2) is 0 Å². The highest BCUT2D eigenvalue weighted by atomic mass is 79.9. The summed E-state index contributed by atoms with van der Waals surface area (Å²) in [5.41, 5.74) is 3.65. The van der Waals surface area contributed by atoms with Crippen LogP contribution < -0.4 is 0 Å². The van der Waals surface area contributed by atoms with Gasteiger partial charge < -0.3 is 5.11 Å². The molecular formula is C16H16Br2O. The molecule has 1 atom stereocenters. The summed E-state index contributed by atoms with van der Waals surface area (Å²) in [6.45, 7) is 2.38. The summed E-state index contributed by atoms with van der Waals surface area (Å²) in [4.78, 5) is 0. The summed E-state index contributed by atoms with van der Waals surface area (Å²) in [5, 5.41) is 8.98. The number of hydrogen-bond acceptors (Lipinski definition) is 1. The van der Waals surface area contributed by atoms with Gasteiger partial charge in [-0.05, 0) is 41.2 Å². The second-order valence-corrected chi connectivity index (χ2v) is 6.43. The maximum Gasteiger partial charge on any atom is 0.0436 e. The minimum Gasteiger partial charge on any atom is -0.396 e.